The van der Waals surface area contributed by atoms with E-state index in [-0.39, 0.29) is 59.1 Å². The molecule has 0 atom stereocenters. The molecule has 0 aliphatic rings. The van der Waals surface area contributed by atoms with E-state index in [0.717, 1.165) is 0 Å². The fourth-order valence-corrected chi connectivity index (χ4v) is 1.22. The van der Waals surface area contributed by atoms with Gasteiger partial charge in [0, 0.05) is 0 Å². The van der Waals surface area contributed by atoms with Gasteiger partial charge in [-0.2, -0.15) is 11.3 Å². The molecule has 0 saturated heterocycles. The summed E-state index contributed by atoms with van der Waals surface area (Å²) >= 11 is 10.5. The van der Waals surface area contributed by atoms with Gasteiger partial charge in [0.05, 0.1) is 0 Å². The quantitative estimate of drug-likeness (QED) is 0.306. The molecule has 0 bridgehead atoms. The predicted octanol–water partition coefficient (Wildman–Crippen LogP) is -4.87. The molecule has 1 heterocycles. The third-order valence-electron chi connectivity index (χ3n) is 0.388. The van der Waals surface area contributed by atoms with E-state index in [9.17, 15) is 0 Å². The maximum atomic E-state index is 4.61. The van der Waals surface area contributed by atoms with E-state index in [0.29, 0.717) is 7.91 Å². The first-order valence-electron chi connectivity index (χ1n) is 1.46. The maximum Gasteiger partial charge on any atom is 1.00 e. The summed E-state index contributed by atoms with van der Waals surface area (Å²) in [5.41, 5.74) is 0. The summed E-state index contributed by atoms with van der Waals surface area (Å²) < 4.78 is 1.04. The molecule has 2 nitrogen and oxygen atoms in total. The summed E-state index contributed by atoms with van der Waals surface area (Å²) in [7, 11) is 0. The molecular weight excluding hydrogens is 194 g/mol. The molecule has 0 amide bonds. The fraction of sp³-hybridized carbons (Fsp3) is 0. The Bertz CT molecular complexity index is 222. The summed E-state index contributed by atoms with van der Waals surface area (Å²) in [6.07, 6.45) is 0. The number of rotatable bonds is 0. The van der Waals surface area contributed by atoms with Gasteiger partial charge in [-0.05, 0) is 7.91 Å². The number of hydrogen-bond donors (Lipinski definition) is 0. The van der Waals surface area contributed by atoms with Crippen LogP contribution in [0.25, 0.3) is 0 Å². The van der Waals surface area contributed by atoms with Crippen LogP contribution in [0.4, 0.5) is 0 Å². The molecule has 0 aromatic carbocycles. The van der Waals surface area contributed by atoms with Crippen molar-refractivity contribution in [3.8, 4) is 0 Å². The first-order chi connectivity index (χ1) is 3.29. The number of aromatic nitrogens is 2. The minimum atomic E-state index is 0. The molecule has 1 aromatic heterocycles. The predicted molar refractivity (Wildman–Crippen MR) is 32.6 cm³/mol. The summed E-state index contributed by atoms with van der Waals surface area (Å²) in [6, 6.07) is 0. The molecule has 1 rings (SSSR count). The Kier molecular flexibility index (Phi) is 10.1. The average Bonchev–Trinajstić information content (AvgIpc) is 1.87. The van der Waals surface area contributed by atoms with Crippen LogP contribution in [0.1, 0.15) is 0 Å². The molecule has 7 heteroatoms. The third-order valence-corrected chi connectivity index (χ3v) is 1.56. The van der Waals surface area contributed by atoms with Crippen LogP contribution in [0.15, 0.2) is 0 Å². The van der Waals surface area contributed by atoms with E-state index in [4.69, 9.17) is 0 Å². The Hall–Kier alpha value is 2.00. The Morgan fingerprint density at radius 3 is 1.44 bits per heavy atom. The van der Waals surface area contributed by atoms with Crippen LogP contribution < -0.4 is 69.3 Å². The van der Waals surface area contributed by atoms with E-state index in [2.05, 4.69) is 34.6 Å². The Morgan fingerprint density at radius 1 is 1.00 bits per heavy atom. The molecule has 1 aromatic rings. The zero-order valence-corrected chi connectivity index (χ0v) is 11.6. The van der Waals surface area contributed by atoms with Gasteiger partial charge in [-0.15, -0.1) is 0 Å². The second-order valence-electron chi connectivity index (χ2n) is 0.834. The van der Waals surface area contributed by atoms with Gasteiger partial charge in [0.1, 0.15) is 0 Å². The van der Waals surface area contributed by atoms with Gasteiger partial charge in [-0.3, -0.25) is 0 Å². The minimum Gasteiger partial charge on any atom is -0.785 e. The van der Waals surface area contributed by atoms with Crippen LogP contribution in [0.2, 0.25) is 0 Å². The monoisotopic (exact) mass is 194 g/mol. The molecule has 0 aliphatic carbocycles. The standard InChI is InChI=1S/C2N2S3.2Na/c5-1-3-4-2(6)7-1;;/q-2;2*+1. The van der Waals surface area contributed by atoms with Gasteiger partial charge in [0.25, 0.3) is 0 Å². The topological polar surface area (TPSA) is 28.2 Å². The van der Waals surface area contributed by atoms with E-state index in [1.54, 1.807) is 0 Å². The second kappa shape index (κ2) is 6.69. The average molecular weight is 194 g/mol. The van der Waals surface area contributed by atoms with Crippen molar-refractivity contribution in [1.82, 2.24) is 10.2 Å². The Balaban J connectivity index is 0. The second-order valence-corrected chi connectivity index (χ2v) is 3.10. The van der Waals surface area contributed by atoms with Crippen molar-refractivity contribution in [3.63, 3.8) is 0 Å². The van der Waals surface area contributed by atoms with Gasteiger partial charge in [-0.25, -0.2) is 0 Å². The zero-order chi connectivity index (χ0) is 5.28. The normalized spacial score (nSPS) is 7.11. The molecule has 0 saturated carbocycles. The van der Waals surface area contributed by atoms with Gasteiger partial charge >= 0.3 is 59.1 Å². The first-order valence-corrected chi connectivity index (χ1v) is 3.10. The Labute approximate surface area is 111 Å². The molecule has 0 N–H and O–H groups in total. The molecule has 9 heavy (non-hydrogen) atoms. The summed E-state index contributed by atoms with van der Waals surface area (Å²) in [6.45, 7) is 0. The van der Waals surface area contributed by atoms with Crippen molar-refractivity contribution >= 4 is 35.8 Å². The molecule has 0 unspecified atom stereocenters. The van der Waals surface area contributed by atoms with Crippen LogP contribution >= 0.6 is 35.8 Å². The van der Waals surface area contributed by atoms with Crippen LogP contribution in [0, 0.1) is 7.91 Å². The number of hydrogen-bond acceptors (Lipinski definition) is 3. The van der Waals surface area contributed by atoms with Crippen molar-refractivity contribution in [1.29, 1.82) is 0 Å². The van der Waals surface area contributed by atoms with E-state index in [1.165, 1.54) is 11.3 Å². The maximum absolute atomic E-state index is 4.61. The first kappa shape index (κ1) is 13.6. The summed E-state index contributed by atoms with van der Waals surface area (Å²) in [4.78, 5) is 0. The minimum absolute atomic E-state index is 0. The van der Waals surface area contributed by atoms with Crippen molar-refractivity contribution < 1.29 is 59.1 Å². The molecule has 0 fully saturated rings. The zero-order valence-electron chi connectivity index (χ0n) is 5.12. The van der Waals surface area contributed by atoms with Gasteiger partial charge < -0.3 is 10.2 Å². The third kappa shape index (κ3) is 5.29. The Morgan fingerprint density at radius 2 is 1.33 bits per heavy atom. The van der Waals surface area contributed by atoms with Crippen LogP contribution in [0.3, 0.4) is 0 Å². The van der Waals surface area contributed by atoms with E-state index >= 15 is 0 Å². The van der Waals surface area contributed by atoms with Crippen LogP contribution in [-0.4, -0.2) is 0 Å². The van der Waals surface area contributed by atoms with Gasteiger partial charge in [-0.1, -0.05) is 24.4 Å². The van der Waals surface area contributed by atoms with Gasteiger partial charge in [0.2, 0.25) is 0 Å². The molecule has 0 radical (unpaired) electrons. The molecule has 0 spiro atoms. The van der Waals surface area contributed by atoms with E-state index < -0.39 is 0 Å². The number of nitrogens with zero attached hydrogens (tertiary/aromatic N) is 2. The van der Waals surface area contributed by atoms with Crippen LogP contribution in [-0.2, 0) is 0 Å². The molecular formula is C2N2Na2S3. The smallest absolute Gasteiger partial charge is 0.785 e. The fourth-order valence-electron chi connectivity index (χ4n) is 0.197. The molecule has 0 aliphatic heterocycles. The largest absolute Gasteiger partial charge is 1.00 e. The van der Waals surface area contributed by atoms with Crippen molar-refractivity contribution in [2.75, 3.05) is 0 Å². The summed E-state index contributed by atoms with van der Waals surface area (Å²) in [5.74, 6) is 0. The SMILES string of the molecule is S=c1[n-][n-]c(=S)s1.[Na+].[Na+]. The summed E-state index contributed by atoms with van der Waals surface area (Å²) in [5, 5.41) is 6.99. The molecule has 38 valence electrons. The van der Waals surface area contributed by atoms with Crippen LogP contribution in [0.5, 0.6) is 0 Å². The van der Waals surface area contributed by atoms with E-state index in [1.807, 2.05) is 0 Å². The van der Waals surface area contributed by atoms with Gasteiger partial charge in [0.15, 0.2) is 0 Å². The van der Waals surface area contributed by atoms with Crippen molar-refractivity contribution in [2.24, 2.45) is 0 Å². The van der Waals surface area contributed by atoms with Crippen molar-refractivity contribution in [3.05, 3.63) is 7.91 Å². The van der Waals surface area contributed by atoms with Crippen molar-refractivity contribution in [2.45, 2.75) is 0 Å².